The molecule has 1 aliphatic heterocycles. The number of methoxy groups -OCH3 is 2. The van der Waals surface area contributed by atoms with Gasteiger partial charge in [-0.25, -0.2) is 0 Å². The van der Waals surface area contributed by atoms with Gasteiger partial charge in [0.1, 0.15) is 11.5 Å². The number of carbonyl (C=O) groups is 1. The van der Waals surface area contributed by atoms with Crippen molar-refractivity contribution in [3.05, 3.63) is 42.0 Å². The first-order valence-electron chi connectivity index (χ1n) is 9.70. The second kappa shape index (κ2) is 6.50. The van der Waals surface area contributed by atoms with E-state index in [1.165, 1.54) is 11.1 Å². The Hall–Kier alpha value is -1.65. The quantitative estimate of drug-likeness (QED) is 0.777. The van der Waals surface area contributed by atoms with Crippen molar-refractivity contribution in [3.8, 4) is 5.75 Å². The normalized spacial score (nSPS) is 33.8. The number of fused-ring (bicyclic) bond motifs is 1. The van der Waals surface area contributed by atoms with E-state index in [1.807, 2.05) is 19.3 Å². The number of ketones is 1. The van der Waals surface area contributed by atoms with Gasteiger partial charge in [0.2, 0.25) is 0 Å². The minimum atomic E-state index is -0.345. The van der Waals surface area contributed by atoms with Gasteiger partial charge in [0.25, 0.3) is 0 Å². The van der Waals surface area contributed by atoms with Gasteiger partial charge in [0, 0.05) is 43.5 Å². The van der Waals surface area contributed by atoms with Gasteiger partial charge in [-0.15, -0.1) is 6.58 Å². The lowest BCUT2D eigenvalue weighted by Gasteiger charge is -2.60. The van der Waals surface area contributed by atoms with E-state index in [-0.39, 0.29) is 17.1 Å². The summed E-state index contributed by atoms with van der Waals surface area (Å²) in [6.45, 7) is 5.85. The minimum Gasteiger partial charge on any atom is -0.496 e. The molecule has 0 unspecified atom stereocenters. The van der Waals surface area contributed by atoms with Crippen LogP contribution in [-0.4, -0.2) is 49.6 Å². The van der Waals surface area contributed by atoms with E-state index in [1.54, 1.807) is 7.11 Å². The summed E-state index contributed by atoms with van der Waals surface area (Å²) in [6.07, 6.45) is 6.91. The third-order valence-corrected chi connectivity index (χ3v) is 7.06. The fraction of sp³-hybridized carbons (Fsp3) is 0.591. The van der Waals surface area contributed by atoms with Crippen LogP contribution in [0.25, 0.3) is 0 Å². The van der Waals surface area contributed by atoms with Crippen LogP contribution in [0.2, 0.25) is 0 Å². The second-order valence-corrected chi connectivity index (χ2v) is 7.99. The van der Waals surface area contributed by atoms with E-state index in [2.05, 4.69) is 23.6 Å². The number of hydrogen-bond donors (Lipinski definition) is 0. The highest BCUT2D eigenvalue weighted by Gasteiger charge is 2.65. The van der Waals surface area contributed by atoms with Crippen molar-refractivity contribution in [2.45, 2.75) is 55.6 Å². The van der Waals surface area contributed by atoms with E-state index in [4.69, 9.17) is 9.47 Å². The largest absolute Gasteiger partial charge is 0.496 e. The maximum atomic E-state index is 12.7. The van der Waals surface area contributed by atoms with Crippen molar-refractivity contribution in [1.29, 1.82) is 0 Å². The van der Waals surface area contributed by atoms with Gasteiger partial charge in [-0.2, -0.15) is 0 Å². The zero-order valence-electron chi connectivity index (χ0n) is 15.9. The van der Waals surface area contributed by atoms with E-state index < -0.39 is 0 Å². The zero-order chi connectivity index (χ0) is 18.4. The van der Waals surface area contributed by atoms with Gasteiger partial charge >= 0.3 is 0 Å². The summed E-state index contributed by atoms with van der Waals surface area (Å²) in [5, 5.41) is 0. The standard InChI is InChI=1S/C22H29NO3/c1-4-12-23-13-6-10-21-15-17(24)9-11-22(21,26-3)19(23)14-16-7-5-8-18(25-2)20(16)21/h4-5,7-8,19H,1,6,9-15H2,2-3H3/t19-,21-,22-/m1/s1. The summed E-state index contributed by atoms with van der Waals surface area (Å²) in [4.78, 5) is 15.2. The molecule has 2 bridgehead atoms. The van der Waals surface area contributed by atoms with Crippen LogP contribution in [-0.2, 0) is 21.4 Å². The predicted octanol–water partition coefficient (Wildman–Crippen LogP) is 3.28. The molecule has 1 aromatic carbocycles. The highest BCUT2D eigenvalue weighted by molar-refractivity contribution is 5.82. The Bertz CT molecular complexity index is 730. The summed E-state index contributed by atoms with van der Waals surface area (Å²) in [5.41, 5.74) is 1.90. The molecule has 4 rings (SSSR count). The molecule has 0 spiro atoms. The predicted molar refractivity (Wildman–Crippen MR) is 102 cm³/mol. The van der Waals surface area contributed by atoms with E-state index in [0.717, 1.165) is 44.5 Å². The molecule has 4 nitrogen and oxygen atoms in total. The molecule has 1 saturated carbocycles. The zero-order valence-corrected chi connectivity index (χ0v) is 15.9. The van der Waals surface area contributed by atoms with Gasteiger partial charge in [-0.3, -0.25) is 9.69 Å². The van der Waals surface area contributed by atoms with Crippen molar-refractivity contribution in [1.82, 2.24) is 4.90 Å². The lowest BCUT2D eigenvalue weighted by atomic mass is 9.51. The second-order valence-electron chi connectivity index (χ2n) is 7.99. The van der Waals surface area contributed by atoms with Gasteiger partial charge in [0.05, 0.1) is 12.7 Å². The average Bonchev–Trinajstić information content (AvgIpc) is 2.73. The molecule has 1 saturated heterocycles. The lowest BCUT2D eigenvalue weighted by molar-refractivity contribution is -0.161. The van der Waals surface area contributed by atoms with Gasteiger partial charge < -0.3 is 9.47 Å². The number of rotatable bonds is 4. The van der Waals surface area contributed by atoms with Crippen LogP contribution in [0.5, 0.6) is 5.75 Å². The molecule has 0 aromatic heterocycles. The van der Waals surface area contributed by atoms with Crippen LogP contribution in [0, 0.1) is 0 Å². The third-order valence-electron chi connectivity index (χ3n) is 7.06. The molecule has 2 aliphatic carbocycles. The molecule has 0 radical (unpaired) electrons. The molecule has 140 valence electrons. The molecule has 26 heavy (non-hydrogen) atoms. The van der Waals surface area contributed by atoms with E-state index in [0.29, 0.717) is 18.6 Å². The summed E-state index contributed by atoms with van der Waals surface area (Å²) in [5.74, 6) is 1.27. The molecule has 0 N–H and O–H groups in total. The lowest BCUT2D eigenvalue weighted by Crippen LogP contribution is -2.68. The Morgan fingerprint density at radius 1 is 1.35 bits per heavy atom. The molecule has 0 amide bonds. The first kappa shape index (κ1) is 17.7. The van der Waals surface area contributed by atoms with Crippen molar-refractivity contribution in [2.75, 3.05) is 27.3 Å². The molecular weight excluding hydrogens is 326 g/mol. The van der Waals surface area contributed by atoms with Crippen LogP contribution < -0.4 is 4.74 Å². The number of ether oxygens (including phenoxy) is 2. The Labute approximate surface area is 156 Å². The summed E-state index contributed by atoms with van der Waals surface area (Å²) >= 11 is 0. The summed E-state index contributed by atoms with van der Waals surface area (Å²) in [7, 11) is 3.58. The fourth-order valence-electron chi connectivity index (χ4n) is 6.16. The number of nitrogens with zero attached hydrogens (tertiary/aromatic N) is 1. The molecule has 4 heteroatoms. The van der Waals surface area contributed by atoms with Crippen molar-refractivity contribution < 1.29 is 14.3 Å². The van der Waals surface area contributed by atoms with Gasteiger partial charge in [0.15, 0.2) is 0 Å². The first-order chi connectivity index (χ1) is 12.6. The van der Waals surface area contributed by atoms with Crippen LogP contribution >= 0.6 is 0 Å². The van der Waals surface area contributed by atoms with Crippen LogP contribution in [0.4, 0.5) is 0 Å². The Kier molecular flexibility index (Phi) is 4.44. The van der Waals surface area contributed by atoms with Crippen molar-refractivity contribution >= 4 is 5.78 Å². The number of hydrogen-bond acceptors (Lipinski definition) is 4. The molecule has 2 fully saturated rings. The molecular formula is C22H29NO3. The summed E-state index contributed by atoms with van der Waals surface area (Å²) < 4.78 is 12.2. The van der Waals surface area contributed by atoms with Gasteiger partial charge in [-0.05, 0) is 43.9 Å². The van der Waals surface area contributed by atoms with Crippen LogP contribution in [0.3, 0.4) is 0 Å². The molecule has 3 atom stereocenters. The monoisotopic (exact) mass is 355 g/mol. The van der Waals surface area contributed by atoms with Crippen molar-refractivity contribution in [2.24, 2.45) is 0 Å². The number of benzene rings is 1. The highest BCUT2D eigenvalue weighted by atomic mass is 16.5. The Morgan fingerprint density at radius 2 is 2.19 bits per heavy atom. The maximum absolute atomic E-state index is 12.7. The van der Waals surface area contributed by atoms with E-state index >= 15 is 0 Å². The van der Waals surface area contributed by atoms with E-state index in [9.17, 15) is 4.79 Å². The van der Waals surface area contributed by atoms with Gasteiger partial charge in [-0.1, -0.05) is 18.2 Å². The molecule has 1 heterocycles. The molecule has 3 aliphatic rings. The molecule has 1 aromatic rings. The van der Waals surface area contributed by atoms with Crippen LogP contribution in [0.1, 0.15) is 43.2 Å². The Morgan fingerprint density at radius 3 is 2.92 bits per heavy atom. The minimum absolute atomic E-state index is 0.265. The SMILES string of the molecule is C=CCN1CCC[C@]23CC(=O)CC[C@@]2(OC)[C@H]1Cc1cccc(OC)c13. The van der Waals surface area contributed by atoms with Crippen molar-refractivity contribution in [3.63, 3.8) is 0 Å². The first-order valence-corrected chi connectivity index (χ1v) is 9.70. The topological polar surface area (TPSA) is 38.8 Å². The average molecular weight is 355 g/mol. The Balaban J connectivity index is 2.00. The smallest absolute Gasteiger partial charge is 0.134 e. The number of carbonyl (C=O) groups excluding carboxylic acids is 1. The number of Topliss-reactive ketones (excluding diaryl/α,β-unsaturated/α-hetero) is 1. The fourth-order valence-corrected chi connectivity index (χ4v) is 6.16. The summed E-state index contributed by atoms with van der Waals surface area (Å²) in [6, 6.07) is 6.59. The number of likely N-dealkylation sites (tertiary alicyclic amines) is 1. The van der Waals surface area contributed by atoms with Crippen LogP contribution in [0.15, 0.2) is 30.9 Å². The third kappa shape index (κ3) is 2.25. The maximum Gasteiger partial charge on any atom is 0.134 e. The highest BCUT2D eigenvalue weighted by Crippen LogP contribution is 2.60.